The zero-order chi connectivity index (χ0) is 23.5. The SMILES string of the molecule is Cc1ccc(S(=O)(=O)Nc2ccc(C(=O)Nc3ccc(C(N)=O)cc3)cc2)cc1[N+](=O)[O-]. The molecule has 0 unspecified atom stereocenters. The summed E-state index contributed by atoms with van der Waals surface area (Å²) in [6.07, 6.45) is 0. The van der Waals surface area contributed by atoms with Gasteiger partial charge in [0.1, 0.15) is 0 Å². The first-order valence-electron chi connectivity index (χ1n) is 9.16. The van der Waals surface area contributed by atoms with Crippen molar-refractivity contribution < 1.29 is 22.9 Å². The average molecular weight is 454 g/mol. The number of sulfonamides is 1. The number of nitro groups is 1. The van der Waals surface area contributed by atoms with E-state index in [0.29, 0.717) is 16.8 Å². The normalized spacial score (nSPS) is 10.9. The van der Waals surface area contributed by atoms with Gasteiger partial charge in [0.25, 0.3) is 21.6 Å². The lowest BCUT2D eigenvalue weighted by Crippen LogP contribution is -2.15. The Morgan fingerprint density at radius 2 is 1.47 bits per heavy atom. The van der Waals surface area contributed by atoms with E-state index < -0.39 is 26.8 Å². The smallest absolute Gasteiger partial charge is 0.273 e. The van der Waals surface area contributed by atoms with E-state index in [1.165, 1.54) is 67.6 Å². The molecule has 3 aromatic rings. The fourth-order valence-electron chi connectivity index (χ4n) is 2.78. The predicted molar refractivity (Wildman–Crippen MR) is 118 cm³/mol. The van der Waals surface area contributed by atoms with Crippen molar-refractivity contribution in [2.75, 3.05) is 10.0 Å². The molecule has 0 aromatic heterocycles. The second-order valence-corrected chi connectivity index (χ2v) is 8.47. The number of carbonyl (C=O) groups excluding carboxylic acids is 2. The Hall–Kier alpha value is -4.25. The summed E-state index contributed by atoms with van der Waals surface area (Å²) in [5.41, 5.74) is 6.40. The standard InChI is InChI=1S/C21H18N4O6S/c1-13-2-11-18(12-19(13)25(28)29)32(30,31)24-17-9-5-15(6-10-17)21(27)23-16-7-3-14(4-8-16)20(22)26/h2-12,24H,1H3,(H2,22,26)(H,23,27). The molecule has 0 saturated carbocycles. The summed E-state index contributed by atoms with van der Waals surface area (Å²) < 4.78 is 27.5. The first-order chi connectivity index (χ1) is 15.1. The molecule has 0 spiro atoms. The number of hydrogen-bond donors (Lipinski definition) is 3. The molecule has 4 N–H and O–H groups in total. The quantitative estimate of drug-likeness (QED) is 0.367. The van der Waals surface area contributed by atoms with Crippen LogP contribution < -0.4 is 15.8 Å². The van der Waals surface area contributed by atoms with E-state index >= 15 is 0 Å². The second-order valence-electron chi connectivity index (χ2n) is 6.78. The van der Waals surface area contributed by atoms with E-state index in [0.717, 1.165) is 6.07 Å². The van der Waals surface area contributed by atoms with Crippen LogP contribution in [0.15, 0.2) is 71.6 Å². The Kier molecular flexibility index (Phi) is 6.21. The van der Waals surface area contributed by atoms with Crippen LogP contribution in [-0.2, 0) is 10.0 Å². The van der Waals surface area contributed by atoms with E-state index in [-0.39, 0.29) is 21.8 Å². The number of amides is 2. The summed E-state index contributed by atoms with van der Waals surface area (Å²) >= 11 is 0. The summed E-state index contributed by atoms with van der Waals surface area (Å²) in [6.45, 7) is 1.51. The minimum absolute atomic E-state index is 0.176. The van der Waals surface area contributed by atoms with Crippen LogP contribution in [0.1, 0.15) is 26.3 Å². The maximum Gasteiger partial charge on any atom is 0.273 e. The highest BCUT2D eigenvalue weighted by atomic mass is 32.2. The molecule has 0 fully saturated rings. The molecule has 0 aliphatic heterocycles. The van der Waals surface area contributed by atoms with E-state index in [9.17, 15) is 28.1 Å². The van der Waals surface area contributed by atoms with Gasteiger partial charge in [-0.05, 0) is 61.5 Å². The third-order valence-electron chi connectivity index (χ3n) is 4.51. The number of hydrogen-bond acceptors (Lipinski definition) is 6. The van der Waals surface area contributed by atoms with Gasteiger partial charge in [-0.1, -0.05) is 6.07 Å². The number of nitrogens with zero attached hydrogens (tertiary/aromatic N) is 1. The number of rotatable bonds is 7. The highest BCUT2D eigenvalue weighted by Gasteiger charge is 2.20. The van der Waals surface area contributed by atoms with Crippen LogP contribution in [0.5, 0.6) is 0 Å². The summed E-state index contributed by atoms with van der Waals surface area (Å²) in [7, 11) is -4.07. The van der Waals surface area contributed by atoms with E-state index in [4.69, 9.17) is 5.73 Å². The predicted octanol–water partition coefficient (Wildman–Crippen LogP) is 3.06. The number of anilines is 2. The Morgan fingerprint density at radius 1 is 0.906 bits per heavy atom. The molecule has 2 amide bonds. The van der Waals surface area contributed by atoms with Crippen molar-refractivity contribution in [2.45, 2.75) is 11.8 Å². The number of aryl methyl sites for hydroxylation is 1. The molecule has 10 nitrogen and oxygen atoms in total. The van der Waals surface area contributed by atoms with E-state index in [1.54, 1.807) is 0 Å². The molecular formula is C21H18N4O6S. The fourth-order valence-corrected chi connectivity index (χ4v) is 3.86. The zero-order valence-corrected chi connectivity index (χ0v) is 17.5. The summed E-state index contributed by atoms with van der Waals surface area (Å²) in [6, 6.07) is 15.3. The summed E-state index contributed by atoms with van der Waals surface area (Å²) in [5.74, 6) is -1.03. The largest absolute Gasteiger partial charge is 0.366 e. The third-order valence-corrected chi connectivity index (χ3v) is 5.89. The van der Waals surface area contributed by atoms with Gasteiger partial charge in [-0.25, -0.2) is 8.42 Å². The van der Waals surface area contributed by atoms with Crippen LogP contribution in [0.25, 0.3) is 0 Å². The lowest BCUT2D eigenvalue weighted by atomic mass is 10.1. The monoisotopic (exact) mass is 454 g/mol. The summed E-state index contributed by atoms with van der Waals surface area (Å²) in [5, 5.41) is 13.7. The van der Waals surface area contributed by atoms with Gasteiger partial charge in [-0.15, -0.1) is 0 Å². The fraction of sp³-hybridized carbons (Fsp3) is 0.0476. The second kappa shape index (κ2) is 8.86. The van der Waals surface area contributed by atoms with Gasteiger partial charge in [-0.2, -0.15) is 0 Å². The Bertz CT molecular complexity index is 1300. The molecule has 0 aliphatic carbocycles. The lowest BCUT2D eigenvalue weighted by Gasteiger charge is -2.10. The van der Waals surface area contributed by atoms with E-state index in [2.05, 4.69) is 10.0 Å². The molecule has 0 bridgehead atoms. The van der Waals surface area contributed by atoms with Crippen LogP contribution >= 0.6 is 0 Å². The Morgan fingerprint density at radius 3 is 2.03 bits per heavy atom. The average Bonchev–Trinajstić information content (AvgIpc) is 2.74. The highest BCUT2D eigenvalue weighted by molar-refractivity contribution is 7.92. The van der Waals surface area contributed by atoms with Crippen LogP contribution in [0.3, 0.4) is 0 Å². The maximum atomic E-state index is 12.6. The molecule has 0 heterocycles. The van der Waals surface area contributed by atoms with Gasteiger partial charge in [-0.3, -0.25) is 24.4 Å². The van der Waals surface area contributed by atoms with Crippen molar-refractivity contribution in [3.63, 3.8) is 0 Å². The molecule has 3 aromatic carbocycles. The van der Waals surface area contributed by atoms with Crippen molar-refractivity contribution in [3.05, 3.63) is 93.5 Å². The minimum Gasteiger partial charge on any atom is -0.366 e. The van der Waals surface area contributed by atoms with Crippen molar-refractivity contribution >= 4 is 38.9 Å². The van der Waals surface area contributed by atoms with Gasteiger partial charge >= 0.3 is 0 Å². The molecule has 11 heteroatoms. The number of nitrogens with one attached hydrogen (secondary N) is 2. The van der Waals surface area contributed by atoms with Crippen molar-refractivity contribution in [3.8, 4) is 0 Å². The Balaban J connectivity index is 1.72. The van der Waals surface area contributed by atoms with Gasteiger partial charge in [0.15, 0.2) is 0 Å². The van der Waals surface area contributed by atoms with Gasteiger partial charge in [0, 0.05) is 34.1 Å². The molecule has 0 radical (unpaired) electrons. The van der Waals surface area contributed by atoms with Crippen LogP contribution in [-0.4, -0.2) is 25.2 Å². The van der Waals surface area contributed by atoms with Gasteiger partial charge in [0.2, 0.25) is 5.91 Å². The molecule has 0 saturated heterocycles. The third kappa shape index (κ3) is 5.08. The first kappa shape index (κ1) is 22.4. The molecule has 0 atom stereocenters. The molecule has 3 rings (SSSR count). The number of primary amides is 1. The maximum absolute atomic E-state index is 12.6. The number of benzene rings is 3. The highest BCUT2D eigenvalue weighted by Crippen LogP contribution is 2.24. The zero-order valence-electron chi connectivity index (χ0n) is 16.7. The van der Waals surface area contributed by atoms with Crippen LogP contribution in [0.2, 0.25) is 0 Å². The van der Waals surface area contributed by atoms with E-state index in [1.807, 2.05) is 0 Å². The van der Waals surface area contributed by atoms with Crippen molar-refractivity contribution in [1.82, 2.24) is 0 Å². The lowest BCUT2D eigenvalue weighted by molar-refractivity contribution is -0.385. The Labute approximate surface area is 183 Å². The van der Waals surface area contributed by atoms with Gasteiger partial charge < -0.3 is 11.1 Å². The first-order valence-corrected chi connectivity index (χ1v) is 10.6. The number of nitrogens with two attached hydrogens (primary N) is 1. The van der Waals surface area contributed by atoms with Crippen LogP contribution in [0, 0.1) is 17.0 Å². The van der Waals surface area contributed by atoms with Crippen molar-refractivity contribution in [1.29, 1.82) is 0 Å². The number of nitro benzene ring substituents is 1. The molecule has 0 aliphatic rings. The minimum atomic E-state index is -4.07. The van der Waals surface area contributed by atoms with Crippen molar-refractivity contribution in [2.24, 2.45) is 5.73 Å². The molecular weight excluding hydrogens is 436 g/mol. The molecule has 164 valence electrons. The van der Waals surface area contributed by atoms with Crippen LogP contribution in [0.4, 0.5) is 17.1 Å². The summed E-state index contributed by atoms with van der Waals surface area (Å²) in [4.78, 5) is 33.6. The molecule has 32 heavy (non-hydrogen) atoms. The number of carbonyl (C=O) groups is 2. The topological polar surface area (TPSA) is 162 Å². The van der Waals surface area contributed by atoms with Gasteiger partial charge in [0.05, 0.1) is 9.82 Å².